The van der Waals surface area contributed by atoms with E-state index in [0.29, 0.717) is 6.42 Å². The van der Waals surface area contributed by atoms with Gasteiger partial charge in [-0.3, -0.25) is 8.98 Å². The number of carbonyl (C=O) groups is 1. The molecule has 5 nitrogen and oxygen atoms in total. The van der Waals surface area contributed by atoms with Crippen molar-refractivity contribution in [3.05, 3.63) is 35.4 Å². The minimum Gasteiger partial charge on any atom is -0.347 e. The van der Waals surface area contributed by atoms with E-state index in [9.17, 15) is 13.2 Å². The highest BCUT2D eigenvalue weighted by Crippen LogP contribution is 2.33. The van der Waals surface area contributed by atoms with Crippen molar-refractivity contribution in [3.8, 4) is 0 Å². The maximum absolute atomic E-state index is 11.2. The van der Waals surface area contributed by atoms with E-state index in [1.165, 1.54) is 6.92 Å². The molecule has 0 heterocycles. The summed E-state index contributed by atoms with van der Waals surface area (Å²) in [6.07, 6.45) is 0.927. The van der Waals surface area contributed by atoms with Crippen LogP contribution in [0.4, 0.5) is 0 Å². The molecule has 0 radical (unpaired) electrons. The summed E-state index contributed by atoms with van der Waals surface area (Å²) in [6.45, 7) is 1.40. The van der Waals surface area contributed by atoms with Crippen molar-refractivity contribution in [1.29, 1.82) is 0 Å². The Morgan fingerprint density at radius 1 is 1.39 bits per heavy atom. The molecule has 0 aromatic heterocycles. The van der Waals surface area contributed by atoms with Gasteiger partial charge in [-0.15, -0.1) is 0 Å². The quantitative estimate of drug-likeness (QED) is 0.822. The van der Waals surface area contributed by atoms with Crippen molar-refractivity contribution in [2.45, 2.75) is 25.5 Å². The standard InChI is InChI=1S/C12H15NO4S/c1-8(14)13-12-10-6-4-3-5-9(10)7-11(12)17-18(2,15)16/h3-6,11-12H,7H2,1-2H3,(H,13,14)/t11?,12-/m1/s1. The van der Waals surface area contributed by atoms with Crippen molar-refractivity contribution in [3.63, 3.8) is 0 Å². The second-order valence-electron chi connectivity index (χ2n) is 4.42. The molecule has 1 aromatic carbocycles. The SMILES string of the molecule is CC(=O)N[C@@H]1c2ccccc2CC1OS(C)(=O)=O. The van der Waals surface area contributed by atoms with Crippen molar-refractivity contribution in [2.75, 3.05) is 6.26 Å². The van der Waals surface area contributed by atoms with Gasteiger partial charge < -0.3 is 5.32 Å². The van der Waals surface area contributed by atoms with Crippen molar-refractivity contribution in [1.82, 2.24) is 5.32 Å². The molecule has 98 valence electrons. The van der Waals surface area contributed by atoms with Crippen molar-refractivity contribution < 1.29 is 17.4 Å². The molecule has 1 amide bonds. The molecule has 0 fully saturated rings. The monoisotopic (exact) mass is 269 g/mol. The summed E-state index contributed by atoms with van der Waals surface area (Å²) in [5, 5.41) is 2.74. The molecule has 1 N–H and O–H groups in total. The van der Waals surface area contributed by atoms with Crippen LogP contribution in [-0.4, -0.2) is 26.7 Å². The van der Waals surface area contributed by atoms with Crippen LogP contribution in [0.15, 0.2) is 24.3 Å². The van der Waals surface area contributed by atoms with Gasteiger partial charge in [0.1, 0.15) is 6.10 Å². The van der Waals surface area contributed by atoms with Crippen LogP contribution in [0.3, 0.4) is 0 Å². The lowest BCUT2D eigenvalue weighted by Crippen LogP contribution is -2.34. The minimum absolute atomic E-state index is 0.209. The Hall–Kier alpha value is -1.40. The average molecular weight is 269 g/mol. The van der Waals surface area contributed by atoms with E-state index in [1.807, 2.05) is 24.3 Å². The van der Waals surface area contributed by atoms with Crippen LogP contribution in [-0.2, 0) is 25.5 Å². The first-order chi connectivity index (χ1) is 8.37. The summed E-state index contributed by atoms with van der Waals surface area (Å²) < 4.78 is 27.5. The fraction of sp³-hybridized carbons (Fsp3) is 0.417. The summed E-state index contributed by atoms with van der Waals surface area (Å²) >= 11 is 0. The summed E-state index contributed by atoms with van der Waals surface area (Å²) in [5.74, 6) is -0.209. The molecule has 0 spiro atoms. The molecule has 1 aliphatic carbocycles. The zero-order chi connectivity index (χ0) is 13.3. The predicted molar refractivity (Wildman–Crippen MR) is 66.4 cm³/mol. The summed E-state index contributed by atoms with van der Waals surface area (Å²) in [4.78, 5) is 11.2. The summed E-state index contributed by atoms with van der Waals surface area (Å²) in [7, 11) is -3.55. The van der Waals surface area contributed by atoms with E-state index in [-0.39, 0.29) is 5.91 Å². The van der Waals surface area contributed by atoms with Gasteiger partial charge in [0, 0.05) is 13.3 Å². The molecule has 0 aliphatic heterocycles. The normalized spacial score (nSPS) is 22.6. The number of hydrogen-bond acceptors (Lipinski definition) is 4. The number of rotatable bonds is 3. The van der Waals surface area contributed by atoms with E-state index in [2.05, 4.69) is 5.32 Å². The maximum atomic E-state index is 11.2. The second kappa shape index (κ2) is 4.70. The minimum atomic E-state index is -3.55. The summed E-state index contributed by atoms with van der Waals surface area (Å²) in [6, 6.07) is 7.12. The Bertz CT molecular complexity index is 567. The molecule has 6 heteroatoms. The average Bonchev–Trinajstić information content (AvgIpc) is 2.54. The Kier molecular flexibility index (Phi) is 3.41. The number of amides is 1. The topological polar surface area (TPSA) is 72.5 Å². The Morgan fingerprint density at radius 2 is 2.06 bits per heavy atom. The number of carbonyl (C=O) groups excluding carboxylic acids is 1. The number of nitrogens with one attached hydrogen (secondary N) is 1. The third-order valence-electron chi connectivity index (χ3n) is 2.84. The van der Waals surface area contributed by atoms with Gasteiger partial charge in [-0.2, -0.15) is 8.42 Å². The summed E-state index contributed by atoms with van der Waals surface area (Å²) in [5.41, 5.74) is 1.92. The van der Waals surface area contributed by atoms with Gasteiger partial charge in [0.25, 0.3) is 10.1 Å². The third kappa shape index (κ3) is 2.88. The lowest BCUT2D eigenvalue weighted by molar-refractivity contribution is -0.120. The first-order valence-corrected chi connectivity index (χ1v) is 7.41. The van der Waals surface area contributed by atoms with E-state index >= 15 is 0 Å². The Labute approximate surface area is 106 Å². The molecule has 18 heavy (non-hydrogen) atoms. The Morgan fingerprint density at radius 3 is 2.67 bits per heavy atom. The molecule has 0 saturated carbocycles. The molecule has 2 atom stereocenters. The zero-order valence-corrected chi connectivity index (χ0v) is 11.0. The van der Waals surface area contributed by atoms with E-state index in [0.717, 1.165) is 17.4 Å². The highest BCUT2D eigenvalue weighted by Gasteiger charge is 2.35. The highest BCUT2D eigenvalue weighted by molar-refractivity contribution is 7.86. The van der Waals surface area contributed by atoms with Crippen LogP contribution in [0.5, 0.6) is 0 Å². The lowest BCUT2D eigenvalue weighted by atomic mass is 10.1. The first-order valence-electron chi connectivity index (χ1n) is 5.60. The Balaban J connectivity index is 2.30. The fourth-order valence-electron chi connectivity index (χ4n) is 2.26. The molecular weight excluding hydrogens is 254 g/mol. The van der Waals surface area contributed by atoms with Crippen LogP contribution in [0.1, 0.15) is 24.1 Å². The second-order valence-corrected chi connectivity index (χ2v) is 6.02. The number of fused-ring (bicyclic) bond motifs is 1. The third-order valence-corrected chi connectivity index (χ3v) is 3.44. The van der Waals surface area contributed by atoms with E-state index in [4.69, 9.17) is 4.18 Å². The molecule has 0 saturated heterocycles. The fourth-order valence-corrected chi connectivity index (χ4v) is 2.89. The molecule has 2 rings (SSSR count). The van der Waals surface area contributed by atoms with Crippen molar-refractivity contribution in [2.24, 2.45) is 0 Å². The van der Waals surface area contributed by atoms with Gasteiger partial charge in [-0.1, -0.05) is 24.3 Å². The molecule has 1 unspecified atom stereocenters. The number of benzene rings is 1. The van der Waals surface area contributed by atoms with Gasteiger partial charge in [0.2, 0.25) is 5.91 Å². The van der Waals surface area contributed by atoms with Gasteiger partial charge in [-0.25, -0.2) is 0 Å². The van der Waals surface area contributed by atoms with Crippen LogP contribution in [0, 0.1) is 0 Å². The van der Waals surface area contributed by atoms with Crippen LogP contribution >= 0.6 is 0 Å². The predicted octanol–water partition coefficient (Wildman–Crippen LogP) is 0.765. The van der Waals surface area contributed by atoms with Crippen LogP contribution in [0.2, 0.25) is 0 Å². The van der Waals surface area contributed by atoms with Gasteiger partial charge in [0.15, 0.2) is 0 Å². The van der Waals surface area contributed by atoms with Crippen LogP contribution in [0.25, 0.3) is 0 Å². The van der Waals surface area contributed by atoms with Gasteiger partial charge in [-0.05, 0) is 11.1 Å². The largest absolute Gasteiger partial charge is 0.347 e. The molecular formula is C12H15NO4S. The van der Waals surface area contributed by atoms with Gasteiger partial charge >= 0.3 is 0 Å². The maximum Gasteiger partial charge on any atom is 0.264 e. The van der Waals surface area contributed by atoms with Crippen molar-refractivity contribution >= 4 is 16.0 Å². The van der Waals surface area contributed by atoms with E-state index in [1.54, 1.807) is 0 Å². The highest BCUT2D eigenvalue weighted by atomic mass is 32.2. The first kappa shape index (κ1) is 13.0. The molecule has 0 bridgehead atoms. The van der Waals surface area contributed by atoms with Crippen LogP contribution < -0.4 is 5.32 Å². The number of hydrogen-bond donors (Lipinski definition) is 1. The zero-order valence-electron chi connectivity index (χ0n) is 10.2. The van der Waals surface area contributed by atoms with E-state index < -0.39 is 22.3 Å². The smallest absolute Gasteiger partial charge is 0.264 e. The molecule has 1 aromatic rings. The molecule has 1 aliphatic rings. The van der Waals surface area contributed by atoms with Gasteiger partial charge in [0.05, 0.1) is 12.3 Å². The lowest BCUT2D eigenvalue weighted by Gasteiger charge is -2.20.